The first-order valence-electron chi connectivity index (χ1n) is 5.43. The van der Waals surface area contributed by atoms with Gasteiger partial charge in [-0.1, -0.05) is 6.92 Å². The molecule has 2 atom stereocenters. The summed E-state index contributed by atoms with van der Waals surface area (Å²) in [5.74, 6) is 6.70. The number of aromatic nitrogens is 2. The largest absolute Gasteiger partial charge is 0.385 e. The van der Waals surface area contributed by atoms with Gasteiger partial charge in [0.2, 0.25) is 0 Å². The Morgan fingerprint density at radius 2 is 2.31 bits per heavy atom. The molecule has 2 unspecified atom stereocenters. The molecule has 0 aliphatic rings. The van der Waals surface area contributed by atoms with E-state index in [4.69, 9.17) is 10.6 Å². The lowest BCUT2D eigenvalue weighted by atomic mass is 9.96. The Hall–Kier alpha value is -1.04. The van der Waals surface area contributed by atoms with Crippen LogP contribution in [0.5, 0.6) is 0 Å². The third-order valence-corrected chi connectivity index (χ3v) is 2.64. The molecule has 0 saturated carbocycles. The quantitative estimate of drug-likeness (QED) is 0.556. The molecule has 1 heterocycles. The zero-order valence-electron chi connectivity index (χ0n) is 10.1. The highest BCUT2D eigenvalue weighted by Crippen LogP contribution is 2.21. The van der Waals surface area contributed by atoms with Crippen molar-refractivity contribution < 1.29 is 4.74 Å². The molecule has 0 radical (unpaired) electrons. The molecule has 5 heteroatoms. The van der Waals surface area contributed by atoms with E-state index in [1.165, 1.54) is 0 Å². The molecular weight excluding hydrogens is 204 g/mol. The average Bonchev–Trinajstić information content (AvgIpc) is 2.27. The summed E-state index contributed by atoms with van der Waals surface area (Å²) in [6.07, 6.45) is 2.69. The van der Waals surface area contributed by atoms with Gasteiger partial charge in [0.1, 0.15) is 5.82 Å². The first-order chi connectivity index (χ1) is 7.69. The van der Waals surface area contributed by atoms with Gasteiger partial charge in [-0.2, -0.15) is 0 Å². The van der Waals surface area contributed by atoms with Gasteiger partial charge in [0.15, 0.2) is 0 Å². The predicted molar refractivity (Wildman–Crippen MR) is 62.5 cm³/mol. The minimum Gasteiger partial charge on any atom is -0.385 e. The molecule has 1 aromatic heterocycles. The van der Waals surface area contributed by atoms with Crippen molar-refractivity contribution in [2.45, 2.75) is 26.3 Å². The lowest BCUT2D eigenvalue weighted by Gasteiger charge is -2.22. The molecule has 1 aromatic rings. The summed E-state index contributed by atoms with van der Waals surface area (Å²) in [5, 5.41) is 0. The van der Waals surface area contributed by atoms with Crippen LogP contribution in [0.4, 0.5) is 0 Å². The summed E-state index contributed by atoms with van der Waals surface area (Å²) in [6.45, 7) is 4.72. The molecule has 0 aliphatic carbocycles. The smallest absolute Gasteiger partial charge is 0.125 e. The van der Waals surface area contributed by atoms with Gasteiger partial charge in [-0.05, 0) is 25.3 Å². The Morgan fingerprint density at radius 1 is 1.56 bits per heavy atom. The van der Waals surface area contributed by atoms with Crippen LogP contribution in [0.2, 0.25) is 0 Å². The maximum Gasteiger partial charge on any atom is 0.125 e. The zero-order valence-corrected chi connectivity index (χ0v) is 10.1. The minimum absolute atomic E-state index is 0.0388. The standard InChI is InChI=1S/C11H20N4O/c1-8(5-7-16-3)11(15-12)10-4-6-13-9(2)14-10/h4,6,8,11,15H,5,7,12H2,1-3H3. The van der Waals surface area contributed by atoms with Crippen molar-refractivity contribution in [3.63, 3.8) is 0 Å². The topological polar surface area (TPSA) is 73.1 Å². The van der Waals surface area contributed by atoms with Crippen molar-refractivity contribution in [1.29, 1.82) is 0 Å². The minimum atomic E-state index is 0.0388. The summed E-state index contributed by atoms with van der Waals surface area (Å²) in [7, 11) is 1.70. The number of nitrogens with one attached hydrogen (secondary N) is 1. The van der Waals surface area contributed by atoms with Crippen LogP contribution in [0.1, 0.15) is 30.9 Å². The molecule has 0 aliphatic heterocycles. The number of hydrazine groups is 1. The van der Waals surface area contributed by atoms with Crippen LogP contribution in [-0.4, -0.2) is 23.7 Å². The molecule has 0 bridgehead atoms. The second-order valence-corrected chi connectivity index (χ2v) is 3.93. The number of hydrogen-bond acceptors (Lipinski definition) is 5. The monoisotopic (exact) mass is 224 g/mol. The Morgan fingerprint density at radius 3 is 2.88 bits per heavy atom. The highest BCUT2D eigenvalue weighted by Gasteiger charge is 2.19. The molecule has 0 amide bonds. The second-order valence-electron chi connectivity index (χ2n) is 3.93. The summed E-state index contributed by atoms with van der Waals surface area (Å²) in [5.41, 5.74) is 3.74. The van der Waals surface area contributed by atoms with Crippen molar-refractivity contribution in [2.24, 2.45) is 11.8 Å². The Balaban J connectivity index is 2.73. The van der Waals surface area contributed by atoms with Gasteiger partial charge < -0.3 is 4.74 Å². The fraction of sp³-hybridized carbons (Fsp3) is 0.636. The predicted octanol–water partition coefficient (Wildman–Crippen LogP) is 0.962. The van der Waals surface area contributed by atoms with Gasteiger partial charge in [-0.25, -0.2) is 9.97 Å². The highest BCUT2D eigenvalue weighted by atomic mass is 16.5. The Kier molecular flexibility index (Phi) is 5.31. The van der Waals surface area contributed by atoms with Crippen molar-refractivity contribution in [3.05, 3.63) is 23.8 Å². The third-order valence-electron chi connectivity index (χ3n) is 2.64. The molecule has 3 N–H and O–H groups in total. The first kappa shape index (κ1) is 13.0. The summed E-state index contributed by atoms with van der Waals surface area (Å²) >= 11 is 0. The maximum absolute atomic E-state index is 5.58. The summed E-state index contributed by atoms with van der Waals surface area (Å²) in [4.78, 5) is 8.45. The van der Waals surface area contributed by atoms with Crippen LogP contribution in [0, 0.1) is 12.8 Å². The second kappa shape index (κ2) is 6.52. The molecule has 5 nitrogen and oxygen atoms in total. The molecular formula is C11H20N4O. The highest BCUT2D eigenvalue weighted by molar-refractivity contribution is 5.08. The van der Waals surface area contributed by atoms with Crippen LogP contribution in [0.15, 0.2) is 12.3 Å². The van der Waals surface area contributed by atoms with Crippen LogP contribution in [0.3, 0.4) is 0 Å². The Bertz CT molecular complexity index is 319. The summed E-state index contributed by atoms with van der Waals surface area (Å²) < 4.78 is 5.07. The molecule has 0 spiro atoms. The Labute approximate surface area is 96.4 Å². The molecule has 90 valence electrons. The van der Waals surface area contributed by atoms with Gasteiger partial charge in [0.25, 0.3) is 0 Å². The van der Waals surface area contributed by atoms with Gasteiger partial charge in [-0.3, -0.25) is 11.3 Å². The maximum atomic E-state index is 5.58. The average molecular weight is 224 g/mol. The molecule has 0 fully saturated rings. The van der Waals surface area contributed by atoms with Crippen molar-refractivity contribution >= 4 is 0 Å². The van der Waals surface area contributed by atoms with E-state index in [0.29, 0.717) is 5.92 Å². The van der Waals surface area contributed by atoms with Crippen molar-refractivity contribution in [3.8, 4) is 0 Å². The van der Waals surface area contributed by atoms with E-state index in [-0.39, 0.29) is 6.04 Å². The fourth-order valence-corrected chi connectivity index (χ4v) is 1.66. The van der Waals surface area contributed by atoms with Gasteiger partial charge >= 0.3 is 0 Å². The van der Waals surface area contributed by atoms with Crippen molar-refractivity contribution in [1.82, 2.24) is 15.4 Å². The first-order valence-corrected chi connectivity index (χ1v) is 5.43. The van der Waals surface area contributed by atoms with Gasteiger partial charge in [0.05, 0.1) is 11.7 Å². The lowest BCUT2D eigenvalue weighted by Crippen LogP contribution is -2.33. The van der Waals surface area contributed by atoms with E-state index < -0.39 is 0 Å². The molecule has 0 saturated heterocycles. The van der Waals surface area contributed by atoms with E-state index in [1.807, 2.05) is 13.0 Å². The lowest BCUT2D eigenvalue weighted by molar-refractivity contribution is 0.169. The fourth-order valence-electron chi connectivity index (χ4n) is 1.66. The van der Waals surface area contributed by atoms with Gasteiger partial charge in [0, 0.05) is 19.9 Å². The van der Waals surface area contributed by atoms with Crippen LogP contribution in [0.25, 0.3) is 0 Å². The third kappa shape index (κ3) is 3.52. The normalized spacial score (nSPS) is 14.8. The molecule has 16 heavy (non-hydrogen) atoms. The van der Waals surface area contributed by atoms with Crippen molar-refractivity contribution in [2.75, 3.05) is 13.7 Å². The van der Waals surface area contributed by atoms with Crippen LogP contribution < -0.4 is 11.3 Å². The number of ether oxygens (including phenoxy) is 1. The van der Waals surface area contributed by atoms with E-state index in [1.54, 1.807) is 13.3 Å². The number of methoxy groups -OCH3 is 1. The summed E-state index contributed by atoms with van der Waals surface area (Å²) in [6, 6.07) is 1.93. The number of hydrogen-bond donors (Lipinski definition) is 2. The van der Waals surface area contributed by atoms with E-state index in [2.05, 4.69) is 22.3 Å². The van der Waals surface area contributed by atoms with E-state index in [0.717, 1.165) is 24.5 Å². The molecule has 0 aromatic carbocycles. The SMILES string of the molecule is COCCC(C)C(NN)c1ccnc(C)n1. The number of rotatable bonds is 6. The van der Waals surface area contributed by atoms with Gasteiger partial charge in [-0.15, -0.1) is 0 Å². The van der Waals surface area contributed by atoms with E-state index >= 15 is 0 Å². The molecule has 1 rings (SSSR count). The number of nitrogens with two attached hydrogens (primary N) is 1. The number of aryl methyl sites for hydroxylation is 1. The number of nitrogens with zero attached hydrogens (tertiary/aromatic N) is 2. The van der Waals surface area contributed by atoms with Crippen LogP contribution >= 0.6 is 0 Å². The van der Waals surface area contributed by atoms with E-state index in [9.17, 15) is 0 Å². The van der Waals surface area contributed by atoms with Crippen LogP contribution in [-0.2, 0) is 4.74 Å². The zero-order chi connectivity index (χ0) is 12.0.